The molecule has 1 unspecified atom stereocenters. The maximum absolute atomic E-state index is 12.2. The summed E-state index contributed by atoms with van der Waals surface area (Å²) in [6.45, 7) is 1.51. The summed E-state index contributed by atoms with van der Waals surface area (Å²) in [5.41, 5.74) is 1.60. The van der Waals surface area contributed by atoms with Crippen LogP contribution in [0.25, 0.3) is 0 Å². The Hall–Kier alpha value is -1.88. The summed E-state index contributed by atoms with van der Waals surface area (Å²) in [6, 6.07) is 7.54. The highest BCUT2D eigenvalue weighted by atomic mass is 16.5. The van der Waals surface area contributed by atoms with E-state index in [0.29, 0.717) is 12.8 Å². The average molecular weight is 316 g/mol. The number of hydrogen-bond acceptors (Lipinski definition) is 3. The highest BCUT2D eigenvalue weighted by Gasteiger charge is 2.20. The van der Waals surface area contributed by atoms with Crippen LogP contribution in [0.3, 0.4) is 0 Å². The molecule has 5 nitrogen and oxygen atoms in total. The summed E-state index contributed by atoms with van der Waals surface area (Å²) < 4.78 is 5.61. The minimum atomic E-state index is -0.0287. The molecule has 1 aromatic rings. The molecule has 2 aliphatic rings. The van der Waals surface area contributed by atoms with Crippen molar-refractivity contribution in [2.24, 2.45) is 0 Å². The summed E-state index contributed by atoms with van der Waals surface area (Å²) in [7, 11) is 0. The Bertz CT molecular complexity index is 567. The first kappa shape index (κ1) is 16.0. The van der Waals surface area contributed by atoms with Gasteiger partial charge >= 0.3 is 0 Å². The van der Waals surface area contributed by atoms with Crippen molar-refractivity contribution in [2.45, 2.75) is 51.0 Å². The van der Waals surface area contributed by atoms with Crippen molar-refractivity contribution in [3.63, 3.8) is 0 Å². The smallest absolute Gasteiger partial charge is 0.226 e. The Morgan fingerprint density at radius 3 is 2.96 bits per heavy atom. The van der Waals surface area contributed by atoms with E-state index in [-0.39, 0.29) is 17.9 Å². The molecule has 2 saturated heterocycles. The second-order valence-electron chi connectivity index (χ2n) is 6.29. The van der Waals surface area contributed by atoms with E-state index >= 15 is 0 Å². The Labute approximate surface area is 137 Å². The van der Waals surface area contributed by atoms with Gasteiger partial charge in [-0.2, -0.15) is 0 Å². The van der Waals surface area contributed by atoms with E-state index in [2.05, 4.69) is 5.32 Å². The van der Waals surface area contributed by atoms with Crippen LogP contribution >= 0.6 is 0 Å². The molecular weight excluding hydrogens is 292 g/mol. The maximum Gasteiger partial charge on any atom is 0.226 e. The summed E-state index contributed by atoms with van der Waals surface area (Å²) in [4.78, 5) is 26.0. The summed E-state index contributed by atoms with van der Waals surface area (Å²) in [5.74, 6) is 0.134. The molecule has 0 radical (unpaired) electrons. The van der Waals surface area contributed by atoms with Gasteiger partial charge in [-0.15, -0.1) is 0 Å². The monoisotopic (exact) mass is 316 g/mol. The third-order valence-electron chi connectivity index (χ3n) is 4.45. The van der Waals surface area contributed by atoms with Gasteiger partial charge in [-0.25, -0.2) is 0 Å². The first-order valence-electron chi connectivity index (χ1n) is 8.54. The van der Waals surface area contributed by atoms with E-state index in [0.717, 1.165) is 56.6 Å². The topological polar surface area (TPSA) is 58.6 Å². The third kappa shape index (κ3) is 4.32. The molecule has 0 saturated carbocycles. The lowest BCUT2D eigenvalue weighted by atomic mass is 10.1. The van der Waals surface area contributed by atoms with Crippen LogP contribution < -0.4 is 10.2 Å². The zero-order chi connectivity index (χ0) is 16.1. The van der Waals surface area contributed by atoms with Gasteiger partial charge in [0, 0.05) is 30.9 Å². The van der Waals surface area contributed by atoms with Crippen LogP contribution in [0.5, 0.6) is 0 Å². The van der Waals surface area contributed by atoms with Gasteiger partial charge in [-0.05, 0) is 50.3 Å². The van der Waals surface area contributed by atoms with Crippen molar-refractivity contribution in [1.29, 1.82) is 0 Å². The average Bonchev–Trinajstić information content (AvgIpc) is 2.56. The molecule has 2 fully saturated rings. The van der Waals surface area contributed by atoms with Gasteiger partial charge in [0.1, 0.15) is 0 Å². The van der Waals surface area contributed by atoms with Crippen LogP contribution in [0.2, 0.25) is 0 Å². The van der Waals surface area contributed by atoms with Gasteiger partial charge in [0.2, 0.25) is 11.8 Å². The fraction of sp³-hybridized carbons (Fsp3) is 0.556. The largest absolute Gasteiger partial charge is 0.378 e. The van der Waals surface area contributed by atoms with Gasteiger partial charge in [0.05, 0.1) is 12.5 Å². The standard InChI is InChI=1S/C18H24N2O3/c21-17(13-16-8-2-4-11-23-16)19-14-6-5-7-15(12-14)20-10-3-1-9-18(20)22/h5-7,12,16H,1-4,8-11,13H2,(H,19,21). The van der Waals surface area contributed by atoms with Crippen molar-refractivity contribution in [1.82, 2.24) is 0 Å². The lowest BCUT2D eigenvalue weighted by Gasteiger charge is -2.27. The minimum absolute atomic E-state index is 0.0287. The van der Waals surface area contributed by atoms with Crippen molar-refractivity contribution < 1.29 is 14.3 Å². The number of amides is 2. The second-order valence-corrected chi connectivity index (χ2v) is 6.29. The van der Waals surface area contributed by atoms with Crippen LogP contribution in [0.15, 0.2) is 24.3 Å². The molecule has 124 valence electrons. The van der Waals surface area contributed by atoms with Crippen molar-refractivity contribution in [2.75, 3.05) is 23.4 Å². The van der Waals surface area contributed by atoms with Gasteiger partial charge in [-0.1, -0.05) is 6.07 Å². The normalized spacial score (nSPS) is 22.0. The van der Waals surface area contributed by atoms with Gasteiger partial charge in [0.15, 0.2) is 0 Å². The number of carbonyl (C=O) groups is 2. The van der Waals surface area contributed by atoms with Gasteiger partial charge in [-0.3, -0.25) is 9.59 Å². The molecule has 23 heavy (non-hydrogen) atoms. The van der Waals surface area contributed by atoms with Crippen LogP contribution in [0.1, 0.15) is 44.9 Å². The van der Waals surface area contributed by atoms with E-state index in [4.69, 9.17) is 4.74 Å². The molecule has 1 N–H and O–H groups in total. The van der Waals surface area contributed by atoms with E-state index in [1.807, 2.05) is 29.2 Å². The Morgan fingerprint density at radius 1 is 1.26 bits per heavy atom. The molecule has 5 heteroatoms. The summed E-state index contributed by atoms with van der Waals surface area (Å²) in [6.07, 6.45) is 6.21. The summed E-state index contributed by atoms with van der Waals surface area (Å²) in [5, 5.41) is 2.93. The fourth-order valence-electron chi connectivity index (χ4n) is 3.22. The van der Waals surface area contributed by atoms with E-state index < -0.39 is 0 Å². The molecule has 2 heterocycles. The second kappa shape index (κ2) is 7.59. The van der Waals surface area contributed by atoms with E-state index in [1.54, 1.807) is 0 Å². The zero-order valence-electron chi connectivity index (χ0n) is 13.4. The number of rotatable bonds is 4. The van der Waals surface area contributed by atoms with Crippen LogP contribution in [0.4, 0.5) is 11.4 Å². The van der Waals surface area contributed by atoms with Crippen LogP contribution in [-0.4, -0.2) is 31.1 Å². The number of anilines is 2. The third-order valence-corrected chi connectivity index (χ3v) is 4.45. The number of nitrogens with one attached hydrogen (secondary N) is 1. The molecule has 0 aromatic heterocycles. The molecule has 1 atom stereocenters. The number of hydrogen-bond donors (Lipinski definition) is 1. The Kier molecular flexibility index (Phi) is 5.28. The number of ether oxygens (including phenoxy) is 1. The first-order chi connectivity index (χ1) is 11.2. The molecule has 2 aliphatic heterocycles. The van der Waals surface area contributed by atoms with Crippen molar-refractivity contribution in [3.05, 3.63) is 24.3 Å². The fourth-order valence-corrected chi connectivity index (χ4v) is 3.22. The quantitative estimate of drug-likeness (QED) is 0.928. The molecule has 2 amide bonds. The van der Waals surface area contributed by atoms with Crippen LogP contribution in [0, 0.1) is 0 Å². The van der Waals surface area contributed by atoms with E-state index in [1.165, 1.54) is 0 Å². The highest BCUT2D eigenvalue weighted by molar-refractivity contribution is 5.96. The minimum Gasteiger partial charge on any atom is -0.378 e. The number of carbonyl (C=O) groups excluding carboxylic acids is 2. The molecule has 0 spiro atoms. The van der Waals surface area contributed by atoms with E-state index in [9.17, 15) is 9.59 Å². The Morgan fingerprint density at radius 2 is 2.17 bits per heavy atom. The summed E-state index contributed by atoms with van der Waals surface area (Å²) >= 11 is 0. The molecule has 0 aliphatic carbocycles. The predicted molar refractivity (Wildman–Crippen MR) is 89.5 cm³/mol. The molecular formula is C18H24N2O3. The number of nitrogens with zero attached hydrogens (tertiary/aromatic N) is 1. The lowest BCUT2D eigenvalue weighted by Crippen LogP contribution is -2.35. The first-order valence-corrected chi connectivity index (χ1v) is 8.54. The van der Waals surface area contributed by atoms with Crippen molar-refractivity contribution >= 4 is 23.2 Å². The number of piperidine rings is 1. The zero-order valence-corrected chi connectivity index (χ0v) is 13.4. The predicted octanol–water partition coefficient (Wildman–Crippen LogP) is 3.10. The van der Waals surface area contributed by atoms with Gasteiger partial charge in [0.25, 0.3) is 0 Å². The highest BCUT2D eigenvalue weighted by Crippen LogP contribution is 2.24. The van der Waals surface area contributed by atoms with Gasteiger partial charge < -0.3 is 15.0 Å². The lowest BCUT2D eigenvalue weighted by molar-refractivity contribution is -0.120. The molecule has 0 bridgehead atoms. The number of benzene rings is 1. The maximum atomic E-state index is 12.2. The molecule has 3 rings (SSSR count). The SMILES string of the molecule is O=C(CC1CCCCO1)Nc1cccc(N2CCCCC2=O)c1. The van der Waals surface area contributed by atoms with Crippen molar-refractivity contribution in [3.8, 4) is 0 Å². The van der Waals surface area contributed by atoms with Crippen LogP contribution in [-0.2, 0) is 14.3 Å². The Balaban J connectivity index is 1.60. The molecule has 1 aromatic carbocycles.